The van der Waals surface area contributed by atoms with E-state index in [1.54, 1.807) is 17.7 Å². The number of hydrogen-bond acceptors (Lipinski definition) is 5. The van der Waals surface area contributed by atoms with Gasteiger partial charge in [0, 0.05) is 17.4 Å². The van der Waals surface area contributed by atoms with Crippen molar-refractivity contribution in [3.8, 4) is 11.3 Å². The minimum atomic E-state index is -1.58. The molecule has 0 atom stereocenters. The predicted molar refractivity (Wildman–Crippen MR) is 152 cm³/mol. The Balaban J connectivity index is 1.61. The molecule has 0 aliphatic rings. The fraction of sp³-hybridized carbons (Fsp3) is 0.276. The highest BCUT2D eigenvalue weighted by molar-refractivity contribution is 7.27. The zero-order chi connectivity index (χ0) is 24.5. The molecule has 0 N–H and O–H groups in total. The van der Waals surface area contributed by atoms with Crippen LogP contribution in [0.5, 0.6) is 0 Å². The average molecular weight is 496 g/mol. The van der Waals surface area contributed by atoms with E-state index in [4.69, 9.17) is 19.4 Å². The summed E-state index contributed by atoms with van der Waals surface area (Å²) in [6.07, 6.45) is 2.50. The van der Waals surface area contributed by atoms with Crippen molar-refractivity contribution < 1.29 is 4.42 Å². The maximum absolute atomic E-state index is 6.13. The predicted octanol–water partition coefficient (Wildman–Crippen LogP) is 7.94. The lowest BCUT2D eigenvalue weighted by Crippen LogP contribution is -2.38. The van der Waals surface area contributed by atoms with Crippen LogP contribution in [-0.2, 0) is 6.42 Å². The van der Waals surface area contributed by atoms with E-state index < -0.39 is 8.07 Å². The molecule has 6 heteroatoms. The van der Waals surface area contributed by atoms with Crippen LogP contribution in [0, 0.1) is 5.41 Å². The van der Waals surface area contributed by atoms with E-state index in [1.807, 2.05) is 6.07 Å². The van der Waals surface area contributed by atoms with E-state index in [0.29, 0.717) is 0 Å². The van der Waals surface area contributed by atoms with Crippen LogP contribution in [0.4, 0.5) is 0 Å². The lowest BCUT2D eigenvalue weighted by atomic mass is 9.92. The first kappa shape index (κ1) is 22.4. The Kier molecular flexibility index (Phi) is 4.92. The normalized spacial score (nSPS) is 13.0. The molecule has 0 saturated heterocycles. The summed E-state index contributed by atoms with van der Waals surface area (Å²) in [5.41, 5.74) is 5.02. The van der Waals surface area contributed by atoms with Crippen LogP contribution in [0.2, 0.25) is 19.6 Å². The first-order chi connectivity index (χ1) is 16.6. The summed E-state index contributed by atoms with van der Waals surface area (Å²) >= 11 is 1.73. The van der Waals surface area contributed by atoms with Crippen LogP contribution in [0.3, 0.4) is 0 Å². The molecule has 0 aliphatic carbocycles. The molecule has 0 bridgehead atoms. The molecule has 0 spiro atoms. The van der Waals surface area contributed by atoms with E-state index in [0.717, 1.165) is 55.0 Å². The number of oxazole rings is 1. The second kappa shape index (κ2) is 7.70. The van der Waals surface area contributed by atoms with Crippen molar-refractivity contribution in [1.82, 2.24) is 15.0 Å². The fourth-order valence-corrected chi connectivity index (χ4v) is 7.75. The summed E-state index contributed by atoms with van der Waals surface area (Å²) in [5, 5.41) is 5.20. The largest absolute Gasteiger partial charge is 0.441 e. The minimum absolute atomic E-state index is 0.114. The van der Waals surface area contributed by atoms with Crippen LogP contribution >= 0.6 is 11.3 Å². The zero-order valence-electron chi connectivity index (χ0n) is 21.1. The number of nitrogens with zero attached hydrogens (tertiary/aromatic N) is 3. The van der Waals surface area contributed by atoms with Gasteiger partial charge in [-0.2, -0.15) is 0 Å². The van der Waals surface area contributed by atoms with Gasteiger partial charge in [0.05, 0.1) is 28.7 Å². The topological polar surface area (TPSA) is 51.8 Å². The fourth-order valence-electron chi connectivity index (χ4n) is 4.87. The van der Waals surface area contributed by atoms with Crippen molar-refractivity contribution >= 4 is 66.8 Å². The van der Waals surface area contributed by atoms with Crippen LogP contribution in [0.1, 0.15) is 26.7 Å². The van der Waals surface area contributed by atoms with E-state index in [1.165, 1.54) is 16.0 Å². The van der Waals surface area contributed by atoms with Crippen molar-refractivity contribution in [2.45, 2.75) is 46.8 Å². The highest BCUT2D eigenvalue weighted by atomic mass is 32.1. The number of thiophene rings is 1. The SMILES string of the molecule is CC(C)(C)Cc1nc2c(ccc3c4ncnc(-c5cc([Si](C)(C)C)c6ccccc6c5)c4sc32)o1. The summed E-state index contributed by atoms with van der Waals surface area (Å²) in [4.78, 5) is 14.4. The van der Waals surface area contributed by atoms with Crippen LogP contribution in [-0.4, -0.2) is 23.0 Å². The monoisotopic (exact) mass is 495 g/mol. The Morgan fingerprint density at radius 3 is 2.46 bits per heavy atom. The number of rotatable bonds is 3. The van der Waals surface area contributed by atoms with E-state index in [2.05, 4.69) is 82.9 Å². The van der Waals surface area contributed by atoms with Gasteiger partial charge in [0.25, 0.3) is 0 Å². The van der Waals surface area contributed by atoms with Crippen molar-refractivity contribution in [2.75, 3.05) is 0 Å². The molecule has 0 aliphatic heterocycles. The molecule has 6 rings (SSSR count). The van der Waals surface area contributed by atoms with Gasteiger partial charge < -0.3 is 4.42 Å². The average Bonchev–Trinajstić information content (AvgIpc) is 3.36. The minimum Gasteiger partial charge on any atom is -0.441 e. The Morgan fingerprint density at radius 2 is 1.69 bits per heavy atom. The third-order valence-electron chi connectivity index (χ3n) is 6.45. The summed E-state index contributed by atoms with van der Waals surface area (Å²) < 4.78 is 8.35. The molecule has 3 aromatic carbocycles. The molecule has 3 heterocycles. The molecule has 6 aromatic rings. The molecule has 0 fully saturated rings. The molecule has 3 aromatic heterocycles. The van der Waals surface area contributed by atoms with Gasteiger partial charge in [-0.15, -0.1) is 11.3 Å². The molecule has 35 heavy (non-hydrogen) atoms. The summed E-state index contributed by atoms with van der Waals surface area (Å²) in [7, 11) is -1.58. The maximum atomic E-state index is 6.13. The smallest absolute Gasteiger partial charge is 0.196 e. The molecule has 0 radical (unpaired) electrons. The lowest BCUT2D eigenvalue weighted by molar-refractivity contribution is 0.362. The van der Waals surface area contributed by atoms with E-state index in [-0.39, 0.29) is 5.41 Å². The van der Waals surface area contributed by atoms with Crippen molar-refractivity contribution in [3.05, 3.63) is 60.7 Å². The van der Waals surface area contributed by atoms with Crippen molar-refractivity contribution in [3.63, 3.8) is 0 Å². The van der Waals surface area contributed by atoms with Gasteiger partial charge in [-0.05, 0) is 34.4 Å². The molecule has 4 nitrogen and oxygen atoms in total. The first-order valence-corrected chi connectivity index (χ1v) is 16.4. The van der Waals surface area contributed by atoms with E-state index >= 15 is 0 Å². The molecular formula is C29H29N3OSSi. The van der Waals surface area contributed by atoms with Gasteiger partial charge in [0.15, 0.2) is 11.5 Å². The van der Waals surface area contributed by atoms with Gasteiger partial charge in [-0.25, -0.2) is 15.0 Å². The van der Waals surface area contributed by atoms with Crippen LogP contribution < -0.4 is 5.19 Å². The second-order valence-corrected chi connectivity index (χ2v) is 17.7. The van der Waals surface area contributed by atoms with Crippen LogP contribution in [0.15, 0.2) is 59.3 Å². The lowest BCUT2D eigenvalue weighted by Gasteiger charge is -2.21. The third-order valence-corrected chi connectivity index (χ3v) is 9.68. The quantitative estimate of drug-likeness (QED) is 0.234. The zero-order valence-corrected chi connectivity index (χ0v) is 22.9. The highest BCUT2D eigenvalue weighted by Gasteiger charge is 2.23. The summed E-state index contributed by atoms with van der Waals surface area (Å²) in [5.74, 6) is 0.790. The number of aromatic nitrogens is 3. The summed E-state index contributed by atoms with van der Waals surface area (Å²) in [6, 6.07) is 17.5. The first-order valence-electron chi connectivity index (χ1n) is 12.1. The second-order valence-electron chi connectivity index (χ2n) is 11.6. The van der Waals surface area contributed by atoms with Gasteiger partial charge in [0.1, 0.15) is 11.8 Å². The molecule has 0 saturated carbocycles. The number of hydrogen-bond donors (Lipinski definition) is 0. The molecular weight excluding hydrogens is 466 g/mol. The number of fused-ring (bicyclic) bond motifs is 6. The standard InChI is InChI=1S/C29H29N3OSSi/c1-29(2,3)15-23-32-26-21(33-23)12-11-20-25-28(34-27(20)26)24(30-16-31-25)18-13-17-9-7-8-10-19(17)22(14-18)35(4,5)6/h7-14,16H,15H2,1-6H3. The Bertz CT molecular complexity index is 1750. The van der Waals surface area contributed by atoms with Gasteiger partial charge in [-0.1, -0.05) is 75.9 Å². The third kappa shape index (κ3) is 3.85. The van der Waals surface area contributed by atoms with Crippen molar-refractivity contribution in [1.29, 1.82) is 0 Å². The van der Waals surface area contributed by atoms with Gasteiger partial charge >= 0.3 is 0 Å². The molecule has 0 amide bonds. The van der Waals surface area contributed by atoms with E-state index in [9.17, 15) is 0 Å². The maximum Gasteiger partial charge on any atom is 0.196 e. The number of benzene rings is 3. The molecule has 0 unspecified atom stereocenters. The van der Waals surface area contributed by atoms with Crippen LogP contribution in [0.25, 0.3) is 53.4 Å². The summed E-state index contributed by atoms with van der Waals surface area (Å²) in [6.45, 7) is 13.8. The Labute approximate surface area is 210 Å². The Hall–Kier alpha value is -3.09. The molecule has 176 valence electrons. The van der Waals surface area contributed by atoms with Crippen molar-refractivity contribution in [2.24, 2.45) is 5.41 Å². The van der Waals surface area contributed by atoms with Gasteiger partial charge in [-0.3, -0.25) is 0 Å². The highest BCUT2D eigenvalue weighted by Crippen LogP contribution is 2.41. The van der Waals surface area contributed by atoms with Gasteiger partial charge in [0.2, 0.25) is 0 Å². The Morgan fingerprint density at radius 1 is 0.886 bits per heavy atom.